The van der Waals surface area contributed by atoms with Gasteiger partial charge in [-0.25, -0.2) is 4.98 Å². The summed E-state index contributed by atoms with van der Waals surface area (Å²) in [5, 5.41) is 5.39. The second kappa shape index (κ2) is 7.97. The Labute approximate surface area is 151 Å². The number of thiazole rings is 1. The fourth-order valence-electron chi connectivity index (χ4n) is 1.89. The molecule has 3 rings (SSSR count). The Morgan fingerprint density at radius 2 is 2.04 bits per heavy atom. The van der Waals surface area contributed by atoms with Crippen molar-refractivity contribution in [2.45, 2.75) is 5.75 Å². The van der Waals surface area contributed by atoms with Crippen molar-refractivity contribution in [1.82, 2.24) is 4.98 Å². The highest BCUT2D eigenvalue weighted by atomic mass is 35.5. The molecule has 0 saturated heterocycles. The first-order valence-corrected chi connectivity index (χ1v) is 10.1. The highest BCUT2D eigenvalue weighted by Crippen LogP contribution is 2.32. The molecule has 7 heteroatoms. The summed E-state index contributed by atoms with van der Waals surface area (Å²) in [5.41, 5.74) is 2.07. The molecular formula is C16H13ClN2OS3. The van der Waals surface area contributed by atoms with Crippen molar-refractivity contribution >= 4 is 57.1 Å². The van der Waals surface area contributed by atoms with E-state index in [2.05, 4.69) is 22.4 Å². The van der Waals surface area contributed by atoms with Gasteiger partial charge in [-0.1, -0.05) is 41.9 Å². The summed E-state index contributed by atoms with van der Waals surface area (Å²) in [6.07, 6.45) is 0. The molecule has 1 aromatic carbocycles. The lowest BCUT2D eigenvalue weighted by Crippen LogP contribution is -2.13. The topological polar surface area (TPSA) is 42.0 Å². The molecule has 0 aliphatic heterocycles. The van der Waals surface area contributed by atoms with Crippen LogP contribution in [0.2, 0.25) is 4.34 Å². The van der Waals surface area contributed by atoms with Crippen LogP contribution in [0.3, 0.4) is 0 Å². The molecule has 3 aromatic rings. The van der Waals surface area contributed by atoms with Crippen molar-refractivity contribution in [2.24, 2.45) is 0 Å². The Kier molecular flexibility index (Phi) is 5.72. The molecule has 0 fully saturated rings. The third kappa shape index (κ3) is 4.81. The summed E-state index contributed by atoms with van der Waals surface area (Å²) in [5.74, 6) is 1.20. The molecule has 23 heavy (non-hydrogen) atoms. The average molecular weight is 381 g/mol. The third-order valence-corrected chi connectivity index (χ3v) is 5.94. The first-order valence-electron chi connectivity index (χ1n) is 6.83. The number of thioether (sulfide) groups is 1. The van der Waals surface area contributed by atoms with Crippen LogP contribution >= 0.6 is 46.0 Å². The van der Waals surface area contributed by atoms with Crippen LogP contribution in [0.1, 0.15) is 5.56 Å². The maximum atomic E-state index is 12.0. The van der Waals surface area contributed by atoms with Gasteiger partial charge in [0.25, 0.3) is 0 Å². The van der Waals surface area contributed by atoms with E-state index < -0.39 is 0 Å². The van der Waals surface area contributed by atoms with Gasteiger partial charge in [-0.3, -0.25) is 4.79 Å². The summed E-state index contributed by atoms with van der Waals surface area (Å²) < 4.78 is 0.732. The lowest BCUT2D eigenvalue weighted by atomic mass is 10.2. The van der Waals surface area contributed by atoms with Gasteiger partial charge in [0.05, 0.1) is 20.7 Å². The minimum Gasteiger partial charge on any atom is -0.301 e. The number of rotatable bonds is 6. The molecule has 3 nitrogen and oxygen atoms in total. The molecule has 0 aliphatic rings. The van der Waals surface area contributed by atoms with Crippen LogP contribution in [0, 0.1) is 0 Å². The minimum atomic E-state index is -0.0314. The normalized spacial score (nSPS) is 10.7. The van der Waals surface area contributed by atoms with Gasteiger partial charge in [0.1, 0.15) is 0 Å². The molecule has 0 unspecified atom stereocenters. The summed E-state index contributed by atoms with van der Waals surface area (Å²) >= 11 is 10.4. The Morgan fingerprint density at radius 1 is 1.22 bits per heavy atom. The lowest BCUT2D eigenvalue weighted by molar-refractivity contribution is -0.113. The van der Waals surface area contributed by atoms with Crippen LogP contribution in [0.25, 0.3) is 10.6 Å². The van der Waals surface area contributed by atoms with E-state index in [4.69, 9.17) is 11.6 Å². The largest absolute Gasteiger partial charge is 0.301 e. The first kappa shape index (κ1) is 16.5. The number of carbonyl (C=O) groups excluding carboxylic acids is 1. The van der Waals surface area contributed by atoms with Crippen molar-refractivity contribution in [3.8, 4) is 10.6 Å². The predicted molar refractivity (Wildman–Crippen MR) is 102 cm³/mol. The zero-order valence-corrected chi connectivity index (χ0v) is 15.2. The highest BCUT2D eigenvalue weighted by molar-refractivity contribution is 7.99. The van der Waals surface area contributed by atoms with E-state index in [9.17, 15) is 4.79 Å². The lowest BCUT2D eigenvalue weighted by Gasteiger charge is -2.02. The SMILES string of the molecule is O=C(CSCc1ccccc1)Nc1nc(-c2ccc(Cl)s2)cs1. The van der Waals surface area contributed by atoms with Gasteiger partial charge >= 0.3 is 0 Å². The van der Waals surface area contributed by atoms with Gasteiger partial charge in [-0.05, 0) is 17.7 Å². The molecule has 1 amide bonds. The predicted octanol–water partition coefficient (Wildman–Crippen LogP) is 5.40. The zero-order chi connectivity index (χ0) is 16.1. The quantitative estimate of drug-likeness (QED) is 0.622. The number of nitrogens with zero attached hydrogens (tertiary/aromatic N) is 1. The molecule has 0 radical (unpaired) electrons. The van der Waals surface area contributed by atoms with Crippen LogP contribution in [-0.2, 0) is 10.5 Å². The molecule has 0 aliphatic carbocycles. The van der Waals surface area contributed by atoms with Gasteiger partial charge in [0.15, 0.2) is 5.13 Å². The van der Waals surface area contributed by atoms with Crippen molar-refractivity contribution in [2.75, 3.05) is 11.1 Å². The summed E-state index contributed by atoms with van der Waals surface area (Å²) in [4.78, 5) is 17.4. The van der Waals surface area contributed by atoms with Crippen LogP contribution in [0.4, 0.5) is 5.13 Å². The smallest absolute Gasteiger partial charge is 0.236 e. The van der Waals surface area contributed by atoms with E-state index >= 15 is 0 Å². The van der Waals surface area contributed by atoms with Crippen LogP contribution in [0.15, 0.2) is 47.8 Å². The van der Waals surface area contributed by atoms with Gasteiger partial charge in [0, 0.05) is 11.1 Å². The van der Waals surface area contributed by atoms with E-state index in [-0.39, 0.29) is 5.91 Å². The van der Waals surface area contributed by atoms with Gasteiger partial charge in [-0.15, -0.1) is 34.4 Å². The average Bonchev–Trinajstić information content (AvgIpc) is 3.17. The van der Waals surface area contributed by atoms with E-state index in [1.54, 1.807) is 11.8 Å². The Hall–Kier alpha value is -1.34. The number of thiophene rings is 1. The number of amides is 1. The Morgan fingerprint density at radius 3 is 2.78 bits per heavy atom. The van der Waals surface area contributed by atoms with Crippen LogP contribution in [-0.4, -0.2) is 16.6 Å². The first-order chi connectivity index (χ1) is 11.2. The molecule has 0 bridgehead atoms. The van der Waals surface area contributed by atoms with Gasteiger partial charge in [-0.2, -0.15) is 0 Å². The highest BCUT2D eigenvalue weighted by Gasteiger charge is 2.09. The Bertz CT molecular complexity index is 785. The molecule has 0 spiro atoms. The molecule has 0 saturated carbocycles. The summed E-state index contributed by atoms with van der Waals surface area (Å²) in [6, 6.07) is 13.9. The molecule has 118 valence electrons. The number of halogens is 1. The van der Waals surface area contributed by atoms with Crippen LogP contribution < -0.4 is 5.32 Å². The van der Waals surface area contributed by atoms with E-state index in [0.717, 1.165) is 20.7 Å². The maximum Gasteiger partial charge on any atom is 0.236 e. The molecule has 0 atom stereocenters. The number of hydrogen-bond acceptors (Lipinski definition) is 5. The van der Waals surface area contributed by atoms with E-state index in [1.807, 2.05) is 35.7 Å². The third-order valence-electron chi connectivity index (χ3n) is 2.92. The molecule has 2 heterocycles. The van der Waals surface area contributed by atoms with Gasteiger partial charge in [0.2, 0.25) is 5.91 Å². The van der Waals surface area contributed by atoms with Crippen molar-refractivity contribution in [1.29, 1.82) is 0 Å². The standard InChI is InChI=1S/C16H13ClN2OS3/c17-14-7-6-13(23-14)12-9-22-16(18-12)19-15(20)10-21-8-11-4-2-1-3-5-11/h1-7,9H,8,10H2,(H,18,19,20). The minimum absolute atomic E-state index is 0.0314. The number of aromatic nitrogens is 1. The number of nitrogens with one attached hydrogen (secondary N) is 1. The summed E-state index contributed by atoms with van der Waals surface area (Å²) in [6.45, 7) is 0. The Balaban J connectivity index is 1.49. The fourth-order valence-corrected chi connectivity index (χ4v) is 4.48. The van der Waals surface area contributed by atoms with Crippen molar-refractivity contribution < 1.29 is 4.79 Å². The second-order valence-corrected chi connectivity index (χ2v) is 8.23. The van der Waals surface area contributed by atoms with Crippen LogP contribution in [0.5, 0.6) is 0 Å². The van der Waals surface area contributed by atoms with Crippen molar-refractivity contribution in [3.63, 3.8) is 0 Å². The number of carbonyl (C=O) groups is 1. The molecular weight excluding hydrogens is 368 g/mol. The monoisotopic (exact) mass is 380 g/mol. The second-order valence-electron chi connectivity index (χ2n) is 4.67. The fraction of sp³-hybridized carbons (Fsp3) is 0.125. The van der Waals surface area contributed by atoms with E-state index in [1.165, 1.54) is 28.2 Å². The summed E-state index contributed by atoms with van der Waals surface area (Å²) in [7, 11) is 0. The maximum absolute atomic E-state index is 12.0. The molecule has 2 aromatic heterocycles. The van der Waals surface area contributed by atoms with E-state index in [0.29, 0.717) is 10.9 Å². The number of benzene rings is 1. The van der Waals surface area contributed by atoms with Gasteiger partial charge < -0.3 is 5.32 Å². The molecule has 1 N–H and O–H groups in total. The van der Waals surface area contributed by atoms with Crippen molar-refractivity contribution in [3.05, 3.63) is 57.7 Å². The zero-order valence-electron chi connectivity index (χ0n) is 12.0. The number of anilines is 1. The number of hydrogen-bond donors (Lipinski definition) is 1.